The number of carbonyl (C=O) groups is 1. The van der Waals surface area contributed by atoms with Gasteiger partial charge in [-0.15, -0.1) is 0 Å². The van der Waals surface area contributed by atoms with Gasteiger partial charge in [-0.2, -0.15) is 0 Å². The summed E-state index contributed by atoms with van der Waals surface area (Å²) < 4.78 is 33.6. The molecule has 2 rings (SSSR count). The van der Waals surface area contributed by atoms with Crippen LogP contribution in [0.4, 0.5) is 10.5 Å². The maximum absolute atomic E-state index is 12.2. The molecule has 1 aromatic carbocycles. The van der Waals surface area contributed by atoms with Crippen LogP contribution in [0.2, 0.25) is 0 Å². The Hall–Kier alpha value is -2.07. The Bertz CT molecular complexity index is 630. The Morgan fingerprint density at radius 2 is 1.31 bits per heavy atom. The van der Waals surface area contributed by atoms with Crippen LogP contribution in [0, 0.1) is 0 Å². The number of benzene rings is 1. The summed E-state index contributed by atoms with van der Waals surface area (Å²) in [6, 6.07) is 5.08. The van der Waals surface area contributed by atoms with E-state index in [4.69, 9.17) is 28.4 Å². The number of rotatable bonds is 6. The first-order valence-corrected chi connectivity index (χ1v) is 11.5. The van der Waals surface area contributed by atoms with Gasteiger partial charge < -0.3 is 39.1 Å². The molecule has 0 aliphatic carbocycles. The summed E-state index contributed by atoms with van der Waals surface area (Å²) in [7, 11) is 0. The van der Waals surface area contributed by atoms with Crippen molar-refractivity contribution in [2.24, 2.45) is 0 Å². The van der Waals surface area contributed by atoms with E-state index in [1.165, 1.54) is 12.8 Å². The average Bonchev–Trinajstić information content (AvgIpc) is 2.79. The number of unbranched alkanes of at least 4 members (excludes halogenated alkanes) is 3. The zero-order valence-corrected chi connectivity index (χ0v) is 19.2. The van der Waals surface area contributed by atoms with Crippen molar-refractivity contribution in [2.75, 3.05) is 77.9 Å². The Balaban J connectivity index is 1.87. The van der Waals surface area contributed by atoms with Crippen LogP contribution < -0.4 is 20.1 Å². The topological polar surface area (TPSA) is 96.5 Å². The molecule has 0 aromatic heterocycles. The molecule has 2 N–H and O–H groups in total. The third kappa shape index (κ3) is 12.1. The smallest absolute Gasteiger partial charge is 0.319 e. The van der Waals surface area contributed by atoms with Gasteiger partial charge in [0.1, 0.15) is 13.2 Å². The van der Waals surface area contributed by atoms with E-state index in [-0.39, 0.29) is 6.03 Å². The lowest BCUT2D eigenvalue weighted by Gasteiger charge is -2.15. The molecule has 0 unspecified atom stereocenters. The molecule has 0 spiro atoms. The van der Waals surface area contributed by atoms with Crippen LogP contribution in [0.1, 0.15) is 32.6 Å². The van der Waals surface area contributed by atoms with Crippen LogP contribution in [0.25, 0.3) is 0 Å². The lowest BCUT2D eigenvalue weighted by atomic mass is 10.2. The first-order valence-electron chi connectivity index (χ1n) is 11.5. The van der Waals surface area contributed by atoms with Gasteiger partial charge in [0.05, 0.1) is 52.9 Å². The fourth-order valence-corrected chi connectivity index (χ4v) is 2.93. The molecule has 0 saturated heterocycles. The highest BCUT2D eigenvalue weighted by Gasteiger charge is 2.10. The predicted molar refractivity (Wildman–Crippen MR) is 122 cm³/mol. The monoisotopic (exact) mass is 454 g/mol. The summed E-state index contributed by atoms with van der Waals surface area (Å²) in [6.07, 6.45) is 4.44. The van der Waals surface area contributed by atoms with Crippen molar-refractivity contribution in [3.63, 3.8) is 0 Å². The van der Waals surface area contributed by atoms with Gasteiger partial charge in [-0.25, -0.2) is 4.79 Å². The summed E-state index contributed by atoms with van der Waals surface area (Å²) in [5.41, 5.74) is 0.628. The minimum Gasteiger partial charge on any atom is -0.487 e. The molecule has 0 bridgehead atoms. The molecule has 0 saturated carbocycles. The first kappa shape index (κ1) is 26.2. The second-order valence-corrected chi connectivity index (χ2v) is 7.25. The van der Waals surface area contributed by atoms with Gasteiger partial charge in [-0.1, -0.05) is 26.2 Å². The van der Waals surface area contributed by atoms with E-state index >= 15 is 0 Å². The normalized spacial score (nSPS) is 17.0. The summed E-state index contributed by atoms with van der Waals surface area (Å²) in [6.45, 7) is 7.43. The van der Waals surface area contributed by atoms with Gasteiger partial charge in [-0.05, 0) is 18.6 Å². The minimum atomic E-state index is -0.235. The van der Waals surface area contributed by atoms with Gasteiger partial charge in [-0.3, -0.25) is 0 Å². The number of amides is 2. The molecule has 182 valence electrons. The number of nitrogens with one attached hydrogen (secondary N) is 2. The quantitative estimate of drug-likeness (QED) is 0.637. The van der Waals surface area contributed by atoms with Crippen molar-refractivity contribution in [1.29, 1.82) is 0 Å². The number of fused-ring (bicyclic) bond motifs is 1. The molecule has 1 aromatic rings. The highest BCUT2D eigenvalue weighted by Crippen LogP contribution is 2.30. The molecule has 9 heteroatoms. The molecule has 2 amide bonds. The SMILES string of the molecule is CCCCCCNC(=O)Nc1ccc2c(c1)OCCOCCOCCOCCOCCO2. The third-order valence-electron chi connectivity index (χ3n) is 4.60. The lowest BCUT2D eigenvalue weighted by Crippen LogP contribution is -2.29. The van der Waals surface area contributed by atoms with Crippen molar-refractivity contribution in [3.8, 4) is 11.5 Å². The Labute approximate surface area is 191 Å². The molecule has 32 heavy (non-hydrogen) atoms. The van der Waals surface area contributed by atoms with Crippen molar-refractivity contribution in [1.82, 2.24) is 5.32 Å². The summed E-state index contributed by atoms with van der Waals surface area (Å²) in [4.78, 5) is 12.2. The van der Waals surface area contributed by atoms with Gasteiger partial charge in [0.25, 0.3) is 0 Å². The molecule has 0 atom stereocenters. The molecule has 1 aliphatic rings. The van der Waals surface area contributed by atoms with E-state index in [0.717, 1.165) is 12.8 Å². The lowest BCUT2D eigenvalue weighted by molar-refractivity contribution is -0.00841. The van der Waals surface area contributed by atoms with Crippen LogP contribution >= 0.6 is 0 Å². The first-order chi connectivity index (χ1) is 15.8. The van der Waals surface area contributed by atoms with Crippen molar-refractivity contribution in [2.45, 2.75) is 32.6 Å². The number of hydrogen-bond donors (Lipinski definition) is 2. The molecule has 0 radical (unpaired) electrons. The summed E-state index contributed by atoms with van der Waals surface area (Å²) >= 11 is 0. The van der Waals surface area contributed by atoms with Gasteiger partial charge in [0.2, 0.25) is 0 Å². The maximum atomic E-state index is 12.2. The molecule has 1 aliphatic heterocycles. The summed E-state index contributed by atoms with van der Waals surface area (Å²) in [5.74, 6) is 1.12. The molecular weight excluding hydrogens is 416 g/mol. The molecule has 0 fully saturated rings. The summed E-state index contributed by atoms with van der Waals surface area (Å²) in [5, 5.41) is 5.72. The van der Waals surface area contributed by atoms with Crippen LogP contribution in [-0.4, -0.2) is 78.6 Å². The van der Waals surface area contributed by atoms with E-state index < -0.39 is 0 Å². The maximum Gasteiger partial charge on any atom is 0.319 e. The third-order valence-corrected chi connectivity index (χ3v) is 4.60. The fourth-order valence-electron chi connectivity index (χ4n) is 2.93. The second kappa shape index (κ2) is 17.5. The van der Waals surface area contributed by atoms with Crippen LogP contribution in [0.15, 0.2) is 18.2 Å². The number of carbonyl (C=O) groups excluding carboxylic acids is 1. The highest BCUT2D eigenvalue weighted by molar-refractivity contribution is 5.89. The van der Waals surface area contributed by atoms with Crippen LogP contribution in [-0.2, 0) is 18.9 Å². The van der Waals surface area contributed by atoms with Gasteiger partial charge in [0, 0.05) is 18.3 Å². The minimum absolute atomic E-state index is 0.235. The highest BCUT2D eigenvalue weighted by atomic mass is 16.6. The number of anilines is 1. The fraction of sp³-hybridized carbons (Fsp3) is 0.696. The van der Waals surface area contributed by atoms with Crippen molar-refractivity contribution < 1.29 is 33.2 Å². The Kier molecular flexibility index (Phi) is 14.3. The zero-order chi connectivity index (χ0) is 22.7. The van der Waals surface area contributed by atoms with Crippen molar-refractivity contribution in [3.05, 3.63) is 18.2 Å². The van der Waals surface area contributed by atoms with E-state index in [1.807, 2.05) is 0 Å². The zero-order valence-electron chi connectivity index (χ0n) is 19.2. The van der Waals surface area contributed by atoms with E-state index in [9.17, 15) is 4.79 Å². The predicted octanol–water partition coefficient (Wildman–Crippen LogP) is 3.23. The van der Waals surface area contributed by atoms with Gasteiger partial charge in [0.15, 0.2) is 11.5 Å². The van der Waals surface area contributed by atoms with Crippen molar-refractivity contribution >= 4 is 11.7 Å². The Morgan fingerprint density at radius 1 is 0.750 bits per heavy atom. The van der Waals surface area contributed by atoms with E-state index in [1.54, 1.807) is 18.2 Å². The van der Waals surface area contributed by atoms with Gasteiger partial charge >= 0.3 is 6.03 Å². The van der Waals surface area contributed by atoms with Crippen LogP contribution in [0.5, 0.6) is 11.5 Å². The number of urea groups is 1. The number of ether oxygens (including phenoxy) is 6. The average molecular weight is 455 g/mol. The number of hydrogen-bond acceptors (Lipinski definition) is 7. The molecular formula is C23H38N2O7. The molecule has 1 heterocycles. The largest absolute Gasteiger partial charge is 0.487 e. The second-order valence-electron chi connectivity index (χ2n) is 7.25. The van der Waals surface area contributed by atoms with E-state index in [2.05, 4.69) is 17.6 Å². The Morgan fingerprint density at radius 3 is 1.91 bits per heavy atom. The van der Waals surface area contributed by atoms with Crippen LogP contribution in [0.3, 0.4) is 0 Å². The molecule has 9 nitrogen and oxygen atoms in total. The standard InChI is InChI=1S/C23H38N2O7/c1-2-3-4-5-8-24-23(26)25-20-6-7-21-22(19-20)32-18-16-30-14-12-28-10-9-27-11-13-29-15-17-31-21/h6-7,19H,2-5,8-18H2,1H3,(H2,24,25,26). The van der Waals surface area contributed by atoms with E-state index in [0.29, 0.717) is 89.8 Å².